The summed E-state index contributed by atoms with van der Waals surface area (Å²) in [7, 11) is 0. The summed E-state index contributed by atoms with van der Waals surface area (Å²) in [6.45, 7) is 4.66. The van der Waals surface area contributed by atoms with E-state index in [1.165, 1.54) is 11.8 Å². The molecule has 1 amide bonds. The van der Waals surface area contributed by atoms with Crippen LogP contribution in [-0.4, -0.2) is 83.7 Å². The summed E-state index contributed by atoms with van der Waals surface area (Å²) in [4.78, 5) is 48.0. The highest BCUT2D eigenvalue weighted by atomic mass is 32.2. The zero-order valence-electron chi connectivity index (χ0n) is 23.9. The van der Waals surface area contributed by atoms with E-state index in [4.69, 9.17) is 9.47 Å². The summed E-state index contributed by atoms with van der Waals surface area (Å²) < 4.78 is 10.7. The number of aromatic amines is 2. The number of amides is 1. The normalized spacial score (nSPS) is 18.4. The second-order valence-corrected chi connectivity index (χ2v) is 11.3. The van der Waals surface area contributed by atoms with Gasteiger partial charge >= 0.3 is 11.7 Å². The lowest BCUT2D eigenvalue weighted by Crippen LogP contribution is -2.45. The third-order valence-electron chi connectivity index (χ3n) is 7.16. The van der Waals surface area contributed by atoms with Crippen LogP contribution in [-0.2, 0) is 14.3 Å². The minimum atomic E-state index is -0.687. The molecule has 1 atom stereocenters. The molecule has 2 fully saturated rings. The Morgan fingerprint density at radius 1 is 1.19 bits per heavy atom. The quantitative estimate of drug-likeness (QED) is 0.154. The number of ether oxygens (including phenoxy) is 2. The van der Waals surface area contributed by atoms with E-state index in [-0.39, 0.29) is 37.1 Å². The topological polar surface area (TPSA) is 161 Å². The Hall–Kier alpha value is -4.07. The Morgan fingerprint density at radius 3 is 2.74 bits per heavy atom. The number of piperidine rings is 1. The summed E-state index contributed by atoms with van der Waals surface area (Å²) in [5, 5.41) is 17.1. The molecule has 3 aromatic rings. The van der Waals surface area contributed by atoms with Gasteiger partial charge in [0.15, 0.2) is 5.17 Å². The maximum absolute atomic E-state index is 12.4. The number of para-hydroxylation sites is 1. The van der Waals surface area contributed by atoms with Gasteiger partial charge in [0.2, 0.25) is 0 Å². The van der Waals surface area contributed by atoms with Gasteiger partial charge in [-0.25, -0.2) is 4.79 Å². The van der Waals surface area contributed by atoms with Gasteiger partial charge < -0.3 is 40.1 Å². The molecule has 43 heavy (non-hydrogen) atoms. The van der Waals surface area contributed by atoms with Crippen molar-refractivity contribution < 1.29 is 24.2 Å². The first-order valence-electron chi connectivity index (χ1n) is 14.4. The molecule has 228 valence electrons. The third kappa shape index (κ3) is 8.27. The van der Waals surface area contributed by atoms with Crippen LogP contribution in [0.3, 0.4) is 0 Å². The number of thioether (sulfide) groups is 1. The van der Waals surface area contributed by atoms with Crippen LogP contribution in [0.25, 0.3) is 17.1 Å². The number of amidine groups is 1. The Morgan fingerprint density at radius 2 is 1.98 bits per heavy atom. The molecule has 2 aromatic carbocycles. The number of nitrogens with one attached hydrogen (secondary N) is 4. The Bertz CT molecular complexity index is 1540. The van der Waals surface area contributed by atoms with Crippen molar-refractivity contribution in [2.45, 2.75) is 38.3 Å². The largest absolute Gasteiger partial charge is 0.489 e. The molecule has 2 saturated heterocycles. The number of aromatic nitrogens is 2. The molecule has 0 radical (unpaired) electrons. The summed E-state index contributed by atoms with van der Waals surface area (Å²) in [5.74, 6) is 0.0161. The monoisotopic (exact) mass is 608 g/mol. The molecule has 1 aromatic heterocycles. The van der Waals surface area contributed by atoms with E-state index in [9.17, 15) is 19.5 Å². The van der Waals surface area contributed by atoms with Crippen molar-refractivity contribution in [1.29, 1.82) is 0 Å². The number of anilines is 1. The first-order valence-corrected chi connectivity index (χ1v) is 15.2. The zero-order chi connectivity index (χ0) is 30.2. The number of hydrogen-bond acceptors (Lipinski definition) is 10. The molecule has 2 aliphatic rings. The number of aliphatic imine (C=N–C) groups is 1. The molecule has 12 nitrogen and oxygen atoms in total. The summed E-state index contributed by atoms with van der Waals surface area (Å²) in [6.07, 6.45) is 3.21. The zero-order valence-corrected chi connectivity index (χ0v) is 24.7. The van der Waals surface area contributed by atoms with Crippen LogP contribution in [0.5, 0.6) is 5.75 Å². The summed E-state index contributed by atoms with van der Waals surface area (Å²) in [6, 6.07) is 13.8. The van der Waals surface area contributed by atoms with E-state index in [2.05, 4.69) is 42.6 Å². The molecule has 0 bridgehead atoms. The molecule has 0 spiro atoms. The summed E-state index contributed by atoms with van der Waals surface area (Å²) >= 11 is 1.26. The van der Waals surface area contributed by atoms with Crippen molar-refractivity contribution in [3.05, 3.63) is 63.4 Å². The first-order chi connectivity index (χ1) is 20.9. The van der Waals surface area contributed by atoms with Crippen LogP contribution in [0.2, 0.25) is 0 Å². The smallest absolute Gasteiger partial charge is 0.323 e. The predicted molar refractivity (Wildman–Crippen MR) is 167 cm³/mol. The van der Waals surface area contributed by atoms with Crippen LogP contribution in [0.1, 0.15) is 31.7 Å². The average Bonchev–Trinajstić information content (AvgIpc) is 3.56. The third-order valence-corrected chi connectivity index (χ3v) is 8.11. The molecule has 5 N–H and O–H groups in total. The van der Waals surface area contributed by atoms with Gasteiger partial charge in [0.1, 0.15) is 24.0 Å². The number of aliphatic hydroxyl groups is 1. The number of esters is 1. The van der Waals surface area contributed by atoms with Crippen molar-refractivity contribution in [2.24, 2.45) is 4.99 Å². The van der Waals surface area contributed by atoms with E-state index >= 15 is 0 Å². The van der Waals surface area contributed by atoms with Crippen molar-refractivity contribution in [2.75, 3.05) is 44.3 Å². The molecule has 2 aliphatic heterocycles. The second kappa shape index (κ2) is 14.4. The van der Waals surface area contributed by atoms with Gasteiger partial charge in [-0.1, -0.05) is 18.2 Å². The number of aliphatic hydroxyl groups excluding tert-OH is 1. The number of carbonyl (C=O) groups excluding carboxylic acids is 2. The lowest BCUT2D eigenvalue weighted by Gasteiger charge is -2.34. The van der Waals surface area contributed by atoms with Gasteiger partial charge in [0.25, 0.3) is 5.91 Å². The molecule has 1 unspecified atom stereocenters. The highest BCUT2D eigenvalue weighted by Gasteiger charge is 2.24. The number of imidazole rings is 1. The maximum Gasteiger partial charge on any atom is 0.323 e. The maximum atomic E-state index is 12.4. The molecule has 13 heteroatoms. The molecular weight excluding hydrogens is 572 g/mol. The minimum Gasteiger partial charge on any atom is -0.489 e. The van der Waals surface area contributed by atoms with Gasteiger partial charge in [-0.2, -0.15) is 0 Å². The van der Waals surface area contributed by atoms with Gasteiger partial charge in [-0.15, -0.1) is 0 Å². The van der Waals surface area contributed by atoms with Crippen LogP contribution in [0, 0.1) is 0 Å². The van der Waals surface area contributed by atoms with Crippen LogP contribution in [0.15, 0.2) is 57.2 Å². The molecule has 3 heterocycles. The average molecular weight is 609 g/mol. The number of nitrogens with zero attached hydrogens (tertiary/aromatic N) is 2. The van der Waals surface area contributed by atoms with Crippen molar-refractivity contribution in [3.63, 3.8) is 0 Å². The second-order valence-electron chi connectivity index (χ2n) is 10.3. The summed E-state index contributed by atoms with van der Waals surface area (Å²) in [5.41, 5.74) is 3.00. The Labute approximate surface area is 252 Å². The van der Waals surface area contributed by atoms with Gasteiger partial charge in [-0.3, -0.25) is 14.6 Å². The van der Waals surface area contributed by atoms with E-state index in [0.717, 1.165) is 37.2 Å². The molecule has 0 aliphatic carbocycles. The molecule has 0 saturated carbocycles. The SMILES string of the molecule is CCOC(=O)CCN=C1NC(=O)/C(=C\c2ccc(N3CCC(NCC(O)COc4cccc5[nH]c(=O)[nH]c45)CC3)cc2)S1. The van der Waals surface area contributed by atoms with E-state index in [1.54, 1.807) is 25.1 Å². The van der Waals surface area contributed by atoms with E-state index in [1.807, 2.05) is 18.2 Å². The van der Waals surface area contributed by atoms with Gasteiger partial charge in [0.05, 0.1) is 30.0 Å². The number of rotatable bonds is 12. The van der Waals surface area contributed by atoms with E-state index < -0.39 is 6.10 Å². The van der Waals surface area contributed by atoms with Gasteiger partial charge in [-0.05, 0) is 67.4 Å². The van der Waals surface area contributed by atoms with Crippen molar-refractivity contribution >= 4 is 51.6 Å². The lowest BCUT2D eigenvalue weighted by molar-refractivity contribution is -0.142. The lowest BCUT2D eigenvalue weighted by atomic mass is 10.0. The minimum absolute atomic E-state index is 0.116. The number of carbonyl (C=O) groups is 2. The van der Waals surface area contributed by atoms with Crippen LogP contribution >= 0.6 is 11.8 Å². The van der Waals surface area contributed by atoms with Crippen molar-refractivity contribution in [3.8, 4) is 5.75 Å². The number of hydrogen-bond donors (Lipinski definition) is 5. The first kappa shape index (κ1) is 30.4. The Kier molecular flexibility index (Phi) is 10.2. The van der Waals surface area contributed by atoms with Crippen molar-refractivity contribution in [1.82, 2.24) is 20.6 Å². The fourth-order valence-electron chi connectivity index (χ4n) is 4.96. The standard InChI is InChI=1S/C30H36N6O6S/c1-2-41-26(38)10-13-31-30-35-28(39)25(43-30)16-19-6-8-21(9-7-19)36-14-11-20(12-15-36)32-17-22(37)18-42-24-5-3-4-23-27(24)34-29(40)33-23/h3-9,16,20,22,32,37H,2,10-15,17-18H2,1H3,(H,31,35,39)(H2,33,34,40)/b25-16+. The predicted octanol–water partition coefficient (Wildman–Crippen LogP) is 2.37. The van der Waals surface area contributed by atoms with Gasteiger partial charge in [0, 0.05) is 31.4 Å². The fourth-order valence-corrected chi connectivity index (χ4v) is 5.80. The number of fused-ring (bicyclic) bond motifs is 1. The van der Waals surface area contributed by atoms with E-state index in [0.29, 0.717) is 46.0 Å². The highest BCUT2D eigenvalue weighted by molar-refractivity contribution is 8.18. The highest BCUT2D eigenvalue weighted by Crippen LogP contribution is 2.27. The number of benzene rings is 2. The Balaban J connectivity index is 1.04. The van der Waals surface area contributed by atoms with Crippen LogP contribution in [0.4, 0.5) is 5.69 Å². The molecule has 5 rings (SSSR count). The molecular formula is C30H36N6O6S. The fraction of sp³-hybridized carbons (Fsp3) is 0.400. The van der Waals surface area contributed by atoms with Crippen LogP contribution < -0.4 is 26.0 Å². The number of H-pyrrole nitrogens is 2.